The van der Waals surface area contributed by atoms with Crippen LogP contribution in [0.15, 0.2) is 51.6 Å². The summed E-state index contributed by atoms with van der Waals surface area (Å²) in [6.45, 7) is 0. The number of carbonyl (C=O) groups is 1. The Hall–Kier alpha value is -2.64. The molecule has 0 aliphatic heterocycles. The van der Waals surface area contributed by atoms with Crippen LogP contribution >= 0.6 is 12.4 Å². The first-order valence-electron chi connectivity index (χ1n) is 8.12. The summed E-state index contributed by atoms with van der Waals surface area (Å²) < 4.78 is 10.6. The fourth-order valence-corrected chi connectivity index (χ4v) is 2.94. The van der Waals surface area contributed by atoms with Gasteiger partial charge in [0.1, 0.15) is 0 Å². The standard InChI is InChI=1S/C18H18N4O3.ClH/c1-22(16(23)14-8-4-11-24-14)13-7-3-2-6-12(13)15-20-17(21-25-15)18(19)9-5-10-18;/h2-4,6-8,11H,5,9-10,19H2,1H3;1H. The highest BCUT2D eigenvalue weighted by Gasteiger charge is 2.39. The largest absolute Gasteiger partial charge is 0.459 e. The zero-order valence-electron chi connectivity index (χ0n) is 14.2. The lowest BCUT2D eigenvalue weighted by Gasteiger charge is -2.34. The highest BCUT2D eigenvalue weighted by molar-refractivity contribution is 6.05. The molecule has 0 spiro atoms. The Bertz CT molecular complexity index is 903. The van der Waals surface area contributed by atoms with Crippen LogP contribution in [0.25, 0.3) is 11.5 Å². The second kappa shape index (κ2) is 6.93. The van der Waals surface area contributed by atoms with Gasteiger partial charge in [-0.1, -0.05) is 17.3 Å². The number of aromatic nitrogens is 2. The maximum absolute atomic E-state index is 12.6. The molecule has 0 unspecified atom stereocenters. The molecule has 2 N–H and O–H groups in total. The molecule has 1 amide bonds. The average molecular weight is 375 g/mol. The maximum atomic E-state index is 12.6. The summed E-state index contributed by atoms with van der Waals surface area (Å²) in [5, 5.41) is 4.05. The third kappa shape index (κ3) is 3.00. The number of amides is 1. The molecule has 1 aromatic carbocycles. The molecule has 0 atom stereocenters. The van der Waals surface area contributed by atoms with E-state index in [0.717, 1.165) is 19.3 Å². The molecule has 136 valence electrons. The Morgan fingerprint density at radius 2 is 2.00 bits per heavy atom. The number of carbonyl (C=O) groups excluding carboxylic acids is 1. The highest BCUT2D eigenvalue weighted by Crippen LogP contribution is 2.38. The minimum absolute atomic E-state index is 0. The summed E-state index contributed by atoms with van der Waals surface area (Å²) in [7, 11) is 1.68. The second-order valence-corrected chi connectivity index (χ2v) is 6.29. The number of nitrogens with zero attached hydrogens (tertiary/aromatic N) is 3. The van der Waals surface area contributed by atoms with Crippen molar-refractivity contribution in [3.05, 3.63) is 54.2 Å². The van der Waals surface area contributed by atoms with Crippen molar-refractivity contribution in [2.45, 2.75) is 24.8 Å². The van der Waals surface area contributed by atoms with E-state index in [1.165, 1.54) is 11.2 Å². The first-order valence-corrected chi connectivity index (χ1v) is 8.12. The molecule has 0 radical (unpaired) electrons. The van der Waals surface area contributed by atoms with Gasteiger partial charge in [-0.3, -0.25) is 4.79 Å². The Balaban J connectivity index is 0.00000196. The van der Waals surface area contributed by atoms with E-state index in [2.05, 4.69) is 10.1 Å². The molecule has 0 saturated heterocycles. The van der Waals surface area contributed by atoms with E-state index in [1.54, 1.807) is 19.2 Å². The van der Waals surface area contributed by atoms with Gasteiger partial charge in [0.25, 0.3) is 11.8 Å². The van der Waals surface area contributed by atoms with Crippen molar-refractivity contribution in [1.29, 1.82) is 0 Å². The Morgan fingerprint density at radius 3 is 2.65 bits per heavy atom. The van der Waals surface area contributed by atoms with Crippen molar-refractivity contribution >= 4 is 24.0 Å². The van der Waals surface area contributed by atoms with Crippen molar-refractivity contribution in [2.75, 3.05) is 11.9 Å². The molecule has 3 aromatic rings. The lowest BCUT2D eigenvalue weighted by molar-refractivity contribution is 0.0966. The van der Waals surface area contributed by atoms with E-state index in [0.29, 0.717) is 23.0 Å². The molecular formula is C18H19ClN4O3. The number of halogens is 1. The van der Waals surface area contributed by atoms with Crippen LogP contribution < -0.4 is 10.6 Å². The third-order valence-corrected chi connectivity index (χ3v) is 4.65. The number of anilines is 1. The average Bonchev–Trinajstić information content (AvgIpc) is 3.30. The fourth-order valence-electron chi connectivity index (χ4n) is 2.94. The maximum Gasteiger partial charge on any atom is 0.293 e. The van der Waals surface area contributed by atoms with E-state index in [-0.39, 0.29) is 24.1 Å². The van der Waals surface area contributed by atoms with Gasteiger partial charge in [0.15, 0.2) is 11.6 Å². The Labute approximate surface area is 156 Å². The quantitative estimate of drug-likeness (QED) is 0.751. The number of benzene rings is 1. The summed E-state index contributed by atoms with van der Waals surface area (Å²) in [5.41, 5.74) is 7.09. The van der Waals surface area contributed by atoms with E-state index in [1.807, 2.05) is 24.3 Å². The molecule has 7 nitrogen and oxygen atoms in total. The predicted molar refractivity (Wildman–Crippen MR) is 98.1 cm³/mol. The minimum Gasteiger partial charge on any atom is -0.459 e. The Morgan fingerprint density at radius 1 is 1.23 bits per heavy atom. The van der Waals surface area contributed by atoms with Crippen LogP contribution in [-0.2, 0) is 5.54 Å². The molecule has 1 saturated carbocycles. The van der Waals surface area contributed by atoms with Crippen LogP contribution in [0.4, 0.5) is 5.69 Å². The molecule has 2 aromatic heterocycles. The van der Waals surface area contributed by atoms with Crippen LogP contribution in [0.3, 0.4) is 0 Å². The topological polar surface area (TPSA) is 98.4 Å². The zero-order chi connectivity index (χ0) is 17.4. The normalized spacial score (nSPS) is 15.0. The summed E-state index contributed by atoms with van der Waals surface area (Å²) in [4.78, 5) is 18.5. The molecule has 1 aliphatic carbocycles. The summed E-state index contributed by atoms with van der Waals surface area (Å²) in [6.07, 6.45) is 4.24. The van der Waals surface area contributed by atoms with Crippen molar-refractivity contribution in [3.63, 3.8) is 0 Å². The third-order valence-electron chi connectivity index (χ3n) is 4.65. The fraction of sp³-hybridized carbons (Fsp3) is 0.278. The van der Waals surface area contributed by atoms with Crippen molar-refractivity contribution in [2.24, 2.45) is 5.73 Å². The van der Waals surface area contributed by atoms with E-state index >= 15 is 0 Å². The lowest BCUT2D eigenvalue weighted by atomic mass is 9.77. The summed E-state index contributed by atoms with van der Waals surface area (Å²) in [6, 6.07) is 10.7. The molecule has 4 rings (SSSR count). The molecule has 26 heavy (non-hydrogen) atoms. The lowest BCUT2D eigenvalue weighted by Crippen LogP contribution is -2.44. The van der Waals surface area contributed by atoms with Crippen LogP contribution in [0.2, 0.25) is 0 Å². The van der Waals surface area contributed by atoms with Crippen molar-refractivity contribution < 1.29 is 13.7 Å². The second-order valence-electron chi connectivity index (χ2n) is 6.29. The van der Waals surface area contributed by atoms with Gasteiger partial charge in [-0.15, -0.1) is 12.4 Å². The number of nitrogens with two attached hydrogens (primary N) is 1. The van der Waals surface area contributed by atoms with Crippen molar-refractivity contribution in [1.82, 2.24) is 10.1 Å². The van der Waals surface area contributed by atoms with Gasteiger partial charge in [-0.25, -0.2) is 0 Å². The van der Waals surface area contributed by atoms with Crippen LogP contribution in [0.1, 0.15) is 35.6 Å². The minimum atomic E-state index is -0.493. The first kappa shape index (κ1) is 18.2. The SMILES string of the molecule is CN(C(=O)c1ccco1)c1ccccc1-c1nc(C2(N)CCC2)no1.Cl. The molecular weight excluding hydrogens is 356 g/mol. The van der Waals surface area contributed by atoms with Gasteiger partial charge < -0.3 is 19.6 Å². The van der Waals surface area contributed by atoms with E-state index in [9.17, 15) is 4.79 Å². The van der Waals surface area contributed by atoms with E-state index < -0.39 is 5.54 Å². The molecule has 8 heteroatoms. The number of furan rings is 1. The number of hydrogen-bond acceptors (Lipinski definition) is 6. The summed E-state index contributed by atoms with van der Waals surface area (Å²) in [5.74, 6) is 0.871. The van der Waals surface area contributed by atoms with Crippen molar-refractivity contribution in [3.8, 4) is 11.5 Å². The molecule has 1 aliphatic rings. The number of rotatable bonds is 4. The molecule has 1 fully saturated rings. The van der Waals surface area contributed by atoms with Gasteiger partial charge in [0.2, 0.25) is 0 Å². The predicted octanol–water partition coefficient (Wildman–Crippen LogP) is 3.37. The highest BCUT2D eigenvalue weighted by atomic mass is 35.5. The smallest absolute Gasteiger partial charge is 0.293 e. The van der Waals surface area contributed by atoms with Crippen LogP contribution in [-0.4, -0.2) is 23.1 Å². The van der Waals surface area contributed by atoms with Crippen LogP contribution in [0, 0.1) is 0 Å². The van der Waals surface area contributed by atoms with Gasteiger partial charge in [0.05, 0.1) is 23.1 Å². The molecule has 0 bridgehead atoms. The van der Waals surface area contributed by atoms with Gasteiger partial charge >= 0.3 is 0 Å². The van der Waals surface area contributed by atoms with E-state index in [4.69, 9.17) is 14.7 Å². The Kier molecular flexibility index (Phi) is 4.84. The number of para-hydroxylation sites is 1. The van der Waals surface area contributed by atoms with Gasteiger partial charge in [-0.2, -0.15) is 4.98 Å². The summed E-state index contributed by atoms with van der Waals surface area (Å²) >= 11 is 0. The van der Waals surface area contributed by atoms with Gasteiger partial charge in [0, 0.05) is 7.05 Å². The monoisotopic (exact) mass is 374 g/mol. The van der Waals surface area contributed by atoms with Crippen LogP contribution in [0.5, 0.6) is 0 Å². The zero-order valence-corrected chi connectivity index (χ0v) is 15.0. The number of hydrogen-bond donors (Lipinski definition) is 1. The first-order chi connectivity index (χ1) is 12.1. The van der Waals surface area contributed by atoms with Gasteiger partial charge in [-0.05, 0) is 43.5 Å². The molecule has 2 heterocycles.